The first-order chi connectivity index (χ1) is 15.7. The molecule has 0 aliphatic carbocycles. The fourth-order valence-electron chi connectivity index (χ4n) is 4.15. The molecule has 2 aliphatic heterocycles. The van der Waals surface area contributed by atoms with Gasteiger partial charge in [-0.05, 0) is 31.6 Å². The summed E-state index contributed by atoms with van der Waals surface area (Å²) >= 11 is 0. The van der Waals surface area contributed by atoms with Crippen LogP contribution in [0.4, 0.5) is 5.82 Å². The highest BCUT2D eigenvalue weighted by Crippen LogP contribution is 2.36. The molecule has 2 aromatic rings. The van der Waals surface area contributed by atoms with E-state index in [1.54, 1.807) is 18.3 Å². The van der Waals surface area contributed by atoms with Crippen molar-refractivity contribution >= 4 is 17.6 Å². The van der Waals surface area contributed by atoms with Gasteiger partial charge >= 0.3 is 0 Å². The zero-order chi connectivity index (χ0) is 22.3. The van der Waals surface area contributed by atoms with Gasteiger partial charge in [0.15, 0.2) is 11.6 Å². The molecule has 32 heavy (non-hydrogen) atoms. The first-order valence-corrected chi connectivity index (χ1v) is 11.3. The minimum absolute atomic E-state index is 0.0787. The van der Waals surface area contributed by atoms with E-state index < -0.39 is 6.10 Å². The molecule has 8 nitrogen and oxygen atoms in total. The number of fused-ring (bicyclic) bond motifs is 1. The number of piperazine rings is 1. The van der Waals surface area contributed by atoms with E-state index in [9.17, 15) is 9.59 Å². The first-order valence-electron chi connectivity index (χ1n) is 11.3. The fourth-order valence-corrected chi connectivity index (χ4v) is 4.15. The van der Waals surface area contributed by atoms with E-state index in [1.165, 1.54) is 4.90 Å². The Bertz CT molecular complexity index is 915. The predicted molar refractivity (Wildman–Crippen MR) is 123 cm³/mol. The molecule has 2 amide bonds. The van der Waals surface area contributed by atoms with Crippen LogP contribution in [0.15, 0.2) is 48.7 Å². The molecule has 0 spiro atoms. The van der Waals surface area contributed by atoms with Gasteiger partial charge < -0.3 is 19.9 Å². The molecule has 2 aliphatic rings. The van der Waals surface area contributed by atoms with E-state index in [0.29, 0.717) is 18.1 Å². The molecular formula is C24H31N5O3. The van der Waals surface area contributed by atoms with Crippen LogP contribution in [0, 0.1) is 0 Å². The van der Waals surface area contributed by atoms with Crippen LogP contribution in [0.1, 0.15) is 25.0 Å². The van der Waals surface area contributed by atoms with Crippen LogP contribution in [0.2, 0.25) is 0 Å². The predicted octanol–water partition coefficient (Wildman–Crippen LogP) is 1.69. The number of amides is 2. The van der Waals surface area contributed by atoms with Gasteiger partial charge in [0, 0.05) is 44.5 Å². The Hall–Kier alpha value is -2.97. The van der Waals surface area contributed by atoms with Crippen molar-refractivity contribution in [2.45, 2.75) is 19.4 Å². The summed E-state index contributed by atoms with van der Waals surface area (Å²) in [6.45, 7) is 9.14. The molecule has 8 heteroatoms. The van der Waals surface area contributed by atoms with E-state index in [0.717, 1.165) is 51.3 Å². The monoisotopic (exact) mass is 437 g/mol. The molecule has 170 valence electrons. The molecule has 1 atom stereocenters. The third-order valence-corrected chi connectivity index (χ3v) is 6.03. The highest BCUT2D eigenvalue weighted by Gasteiger charge is 2.37. The van der Waals surface area contributed by atoms with Crippen molar-refractivity contribution in [3.8, 4) is 5.75 Å². The van der Waals surface area contributed by atoms with Crippen LogP contribution in [0.5, 0.6) is 5.75 Å². The molecule has 0 bridgehead atoms. The number of pyridine rings is 1. The topological polar surface area (TPSA) is 78.0 Å². The summed E-state index contributed by atoms with van der Waals surface area (Å²) in [4.78, 5) is 36.4. The number of carbonyl (C=O) groups excluding carboxylic acids is 2. The Kier molecular flexibility index (Phi) is 7.34. The summed E-state index contributed by atoms with van der Waals surface area (Å²) < 4.78 is 5.93. The number of hydrogen-bond donors (Lipinski definition) is 1. The van der Waals surface area contributed by atoms with Crippen LogP contribution in [-0.4, -0.2) is 79.0 Å². The summed E-state index contributed by atoms with van der Waals surface area (Å²) in [5.41, 5.74) is 0.751. The Morgan fingerprint density at radius 2 is 1.84 bits per heavy atom. The zero-order valence-corrected chi connectivity index (χ0v) is 18.6. The van der Waals surface area contributed by atoms with Gasteiger partial charge in [0.1, 0.15) is 6.54 Å². The van der Waals surface area contributed by atoms with Crippen LogP contribution in [-0.2, 0) is 9.59 Å². The van der Waals surface area contributed by atoms with E-state index >= 15 is 0 Å². The van der Waals surface area contributed by atoms with Crippen molar-refractivity contribution in [2.24, 2.45) is 0 Å². The lowest BCUT2D eigenvalue weighted by atomic mass is 10.1. The maximum Gasteiger partial charge on any atom is 0.274 e. The van der Waals surface area contributed by atoms with Crippen molar-refractivity contribution in [3.05, 3.63) is 54.2 Å². The van der Waals surface area contributed by atoms with Crippen molar-refractivity contribution in [1.82, 2.24) is 20.1 Å². The molecule has 1 fully saturated rings. The van der Waals surface area contributed by atoms with Crippen LogP contribution >= 0.6 is 0 Å². The Balaban J connectivity index is 1.32. The molecule has 3 heterocycles. The number of carbonyl (C=O) groups is 2. The smallest absolute Gasteiger partial charge is 0.274 e. The lowest BCUT2D eigenvalue weighted by Gasteiger charge is -2.34. The lowest BCUT2D eigenvalue weighted by Crippen LogP contribution is -2.48. The number of ether oxygens (including phenoxy) is 1. The van der Waals surface area contributed by atoms with Crippen molar-refractivity contribution in [2.75, 3.05) is 57.3 Å². The van der Waals surface area contributed by atoms with Crippen molar-refractivity contribution < 1.29 is 14.3 Å². The summed E-state index contributed by atoms with van der Waals surface area (Å²) in [6, 6.07) is 12.9. The second kappa shape index (κ2) is 10.6. The van der Waals surface area contributed by atoms with Gasteiger partial charge in [0.25, 0.3) is 5.91 Å². The molecule has 1 N–H and O–H groups in total. The third kappa shape index (κ3) is 5.26. The van der Waals surface area contributed by atoms with E-state index in [-0.39, 0.29) is 18.4 Å². The first kappa shape index (κ1) is 22.2. The quantitative estimate of drug-likeness (QED) is 0.634. The Morgan fingerprint density at radius 3 is 2.59 bits per heavy atom. The summed E-state index contributed by atoms with van der Waals surface area (Å²) in [5.74, 6) is 0.402. The Labute approximate surface area is 189 Å². The standard InChI is InChI=1S/C24H31N5O3/c1-2-27-14-16-28(17-15-27)13-7-12-25-21(30)18-29-23-20(10-6-11-26-23)32-22(24(29)31)19-8-4-3-5-9-19/h3-6,8-11,22H,2,7,12-18H2,1H3,(H,25,30)/t22-/m0/s1. The number of nitrogens with zero attached hydrogens (tertiary/aromatic N) is 4. The zero-order valence-electron chi connectivity index (χ0n) is 18.6. The second-order valence-electron chi connectivity index (χ2n) is 8.14. The second-order valence-corrected chi connectivity index (χ2v) is 8.14. The number of anilines is 1. The number of likely N-dealkylation sites (N-methyl/N-ethyl adjacent to an activating group) is 1. The molecule has 0 unspecified atom stereocenters. The van der Waals surface area contributed by atoms with Gasteiger partial charge in [-0.3, -0.25) is 14.5 Å². The molecule has 1 saturated heterocycles. The summed E-state index contributed by atoms with van der Waals surface area (Å²) in [5, 5.41) is 2.96. The summed E-state index contributed by atoms with van der Waals surface area (Å²) in [6.07, 6.45) is 1.69. The van der Waals surface area contributed by atoms with E-state index in [4.69, 9.17) is 4.74 Å². The van der Waals surface area contributed by atoms with E-state index in [1.807, 2.05) is 30.3 Å². The van der Waals surface area contributed by atoms with Gasteiger partial charge in [-0.25, -0.2) is 4.98 Å². The number of benzene rings is 1. The van der Waals surface area contributed by atoms with Gasteiger partial charge in [0.05, 0.1) is 0 Å². The minimum Gasteiger partial charge on any atom is -0.472 e. The van der Waals surface area contributed by atoms with Crippen LogP contribution < -0.4 is 15.0 Å². The number of rotatable bonds is 8. The number of hydrogen-bond acceptors (Lipinski definition) is 6. The molecule has 0 radical (unpaired) electrons. The van der Waals surface area contributed by atoms with Gasteiger partial charge in [-0.1, -0.05) is 37.3 Å². The molecule has 4 rings (SSSR count). The average Bonchev–Trinajstić information content (AvgIpc) is 2.84. The third-order valence-electron chi connectivity index (χ3n) is 6.03. The number of nitrogens with one attached hydrogen (secondary N) is 1. The lowest BCUT2D eigenvalue weighted by molar-refractivity contribution is -0.129. The minimum atomic E-state index is -0.789. The summed E-state index contributed by atoms with van der Waals surface area (Å²) in [7, 11) is 0. The molecule has 0 saturated carbocycles. The van der Waals surface area contributed by atoms with Gasteiger partial charge in [-0.2, -0.15) is 0 Å². The van der Waals surface area contributed by atoms with Crippen molar-refractivity contribution in [3.63, 3.8) is 0 Å². The largest absolute Gasteiger partial charge is 0.472 e. The average molecular weight is 438 g/mol. The van der Waals surface area contributed by atoms with Gasteiger partial charge in [-0.15, -0.1) is 0 Å². The van der Waals surface area contributed by atoms with Crippen molar-refractivity contribution in [1.29, 1.82) is 0 Å². The van der Waals surface area contributed by atoms with Crippen LogP contribution in [0.3, 0.4) is 0 Å². The maximum absolute atomic E-state index is 13.2. The molecule has 1 aromatic carbocycles. The molecule has 1 aromatic heterocycles. The maximum atomic E-state index is 13.2. The highest BCUT2D eigenvalue weighted by atomic mass is 16.5. The fraction of sp³-hybridized carbons (Fsp3) is 0.458. The number of aromatic nitrogens is 1. The highest BCUT2D eigenvalue weighted by molar-refractivity contribution is 6.03. The van der Waals surface area contributed by atoms with E-state index in [2.05, 4.69) is 27.0 Å². The SMILES string of the molecule is CCN1CCN(CCCNC(=O)CN2C(=O)[C@H](c3ccccc3)Oc3cccnc32)CC1. The van der Waals surface area contributed by atoms with Crippen LogP contribution in [0.25, 0.3) is 0 Å². The normalized spacial score (nSPS) is 19.3. The van der Waals surface area contributed by atoms with Gasteiger partial charge in [0.2, 0.25) is 12.0 Å². The Morgan fingerprint density at radius 1 is 1.09 bits per heavy atom. The molecular weight excluding hydrogens is 406 g/mol.